The van der Waals surface area contributed by atoms with Crippen LogP contribution in [-0.4, -0.2) is 34.9 Å². The Bertz CT molecular complexity index is 771. The number of rotatable bonds is 4. The summed E-state index contributed by atoms with van der Waals surface area (Å²) >= 11 is 12.4. The summed E-state index contributed by atoms with van der Waals surface area (Å²) in [6.07, 6.45) is 5.00. The highest BCUT2D eigenvalue weighted by atomic mass is 35.5. The third kappa shape index (κ3) is 4.25. The summed E-state index contributed by atoms with van der Waals surface area (Å²) in [6, 6.07) is 3.08. The molecule has 1 aromatic carbocycles. The van der Waals surface area contributed by atoms with Crippen LogP contribution in [0.25, 0.3) is 0 Å². The molecule has 7 nitrogen and oxygen atoms in total. The van der Waals surface area contributed by atoms with Crippen LogP contribution in [-0.2, 0) is 4.79 Å². The number of hydrogen-bond acceptors (Lipinski definition) is 5. The molecule has 130 valence electrons. The molecule has 2 aromatic rings. The van der Waals surface area contributed by atoms with Gasteiger partial charge in [-0.25, -0.2) is 4.98 Å². The topological polar surface area (TPSA) is 96.0 Å². The van der Waals surface area contributed by atoms with Crippen LogP contribution in [0, 0.1) is 5.92 Å². The number of nitrogens with one attached hydrogen (secondary N) is 3. The fraction of sp³-hybridized carbons (Fsp3) is 0.250. The van der Waals surface area contributed by atoms with Gasteiger partial charge in [0, 0.05) is 24.6 Å². The molecule has 0 spiro atoms. The zero-order valence-corrected chi connectivity index (χ0v) is 14.6. The van der Waals surface area contributed by atoms with Gasteiger partial charge >= 0.3 is 0 Å². The highest BCUT2D eigenvalue weighted by Gasteiger charge is 2.23. The third-order valence-corrected chi connectivity index (χ3v) is 4.37. The number of halogens is 2. The molecule has 1 unspecified atom stereocenters. The molecule has 1 saturated heterocycles. The fourth-order valence-electron chi connectivity index (χ4n) is 2.48. The fourth-order valence-corrected chi connectivity index (χ4v) is 3.06. The Morgan fingerprint density at radius 2 is 1.92 bits per heavy atom. The maximum absolute atomic E-state index is 12.2. The number of anilines is 2. The van der Waals surface area contributed by atoms with Crippen molar-refractivity contribution in [1.82, 2.24) is 15.3 Å². The highest BCUT2D eigenvalue weighted by Crippen LogP contribution is 2.34. The predicted molar refractivity (Wildman–Crippen MR) is 96.1 cm³/mol. The lowest BCUT2D eigenvalue weighted by Crippen LogP contribution is -2.24. The summed E-state index contributed by atoms with van der Waals surface area (Å²) in [7, 11) is 0. The number of carbonyl (C=O) groups is 2. The van der Waals surface area contributed by atoms with E-state index in [0.29, 0.717) is 12.2 Å². The Morgan fingerprint density at radius 3 is 2.52 bits per heavy atom. The Labute approximate surface area is 154 Å². The first kappa shape index (κ1) is 17.6. The van der Waals surface area contributed by atoms with Crippen molar-refractivity contribution in [2.45, 2.75) is 6.42 Å². The Hall–Kier alpha value is -2.22. The standard InChI is InChI=1S/C16H15Cl2N5O2/c17-11-5-10(22-15(24)9-1-2-19-7-9)6-12(18)14(11)23-16(25)13-8-20-3-4-21-13/h3-6,8-9,19H,1-2,7H2,(H,22,24)(H,23,25). The molecule has 0 bridgehead atoms. The number of aromatic nitrogens is 2. The first-order valence-electron chi connectivity index (χ1n) is 7.62. The molecule has 0 radical (unpaired) electrons. The summed E-state index contributed by atoms with van der Waals surface area (Å²) in [5.41, 5.74) is 0.865. The lowest BCUT2D eigenvalue weighted by molar-refractivity contribution is -0.119. The molecule has 25 heavy (non-hydrogen) atoms. The van der Waals surface area contributed by atoms with Crippen LogP contribution < -0.4 is 16.0 Å². The minimum Gasteiger partial charge on any atom is -0.326 e. The maximum atomic E-state index is 12.2. The van der Waals surface area contributed by atoms with E-state index in [2.05, 4.69) is 25.9 Å². The van der Waals surface area contributed by atoms with E-state index in [1.807, 2.05) is 0 Å². The normalized spacial score (nSPS) is 16.5. The molecular weight excluding hydrogens is 365 g/mol. The molecule has 9 heteroatoms. The van der Waals surface area contributed by atoms with Gasteiger partial charge in [0.25, 0.3) is 5.91 Å². The van der Waals surface area contributed by atoms with Crippen LogP contribution in [0.5, 0.6) is 0 Å². The van der Waals surface area contributed by atoms with E-state index in [4.69, 9.17) is 23.2 Å². The van der Waals surface area contributed by atoms with E-state index in [9.17, 15) is 9.59 Å². The van der Waals surface area contributed by atoms with Crippen LogP contribution in [0.1, 0.15) is 16.9 Å². The Balaban J connectivity index is 1.73. The molecule has 1 aromatic heterocycles. The van der Waals surface area contributed by atoms with E-state index in [0.717, 1.165) is 13.0 Å². The van der Waals surface area contributed by atoms with Gasteiger partial charge in [-0.2, -0.15) is 0 Å². The molecule has 1 aliphatic rings. The van der Waals surface area contributed by atoms with Crippen LogP contribution in [0.4, 0.5) is 11.4 Å². The number of carbonyl (C=O) groups excluding carboxylic acids is 2. The van der Waals surface area contributed by atoms with Crippen molar-refractivity contribution >= 4 is 46.4 Å². The Morgan fingerprint density at radius 1 is 1.16 bits per heavy atom. The molecule has 1 aliphatic heterocycles. The van der Waals surface area contributed by atoms with Gasteiger partial charge < -0.3 is 16.0 Å². The maximum Gasteiger partial charge on any atom is 0.275 e. The summed E-state index contributed by atoms with van der Waals surface area (Å²) in [6.45, 7) is 1.48. The van der Waals surface area contributed by atoms with E-state index in [-0.39, 0.29) is 33.3 Å². The quantitative estimate of drug-likeness (QED) is 0.758. The second-order valence-electron chi connectivity index (χ2n) is 5.54. The zero-order chi connectivity index (χ0) is 17.8. The lowest BCUT2D eigenvalue weighted by Gasteiger charge is -2.14. The summed E-state index contributed by atoms with van der Waals surface area (Å²) in [5, 5.41) is 8.96. The Kier molecular flexibility index (Phi) is 5.47. The van der Waals surface area contributed by atoms with Gasteiger partial charge in [0.2, 0.25) is 5.91 Å². The van der Waals surface area contributed by atoms with Gasteiger partial charge in [-0.05, 0) is 25.1 Å². The number of nitrogens with zero attached hydrogens (tertiary/aromatic N) is 2. The van der Waals surface area contributed by atoms with Crippen molar-refractivity contribution in [2.75, 3.05) is 23.7 Å². The molecule has 2 heterocycles. The minimum absolute atomic E-state index is 0.0754. The van der Waals surface area contributed by atoms with Crippen LogP contribution >= 0.6 is 23.2 Å². The molecule has 3 rings (SSSR count). The van der Waals surface area contributed by atoms with Gasteiger partial charge in [0.1, 0.15) is 5.69 Å². The third-order valence-electron chi connectivity index (χ3n) is 3.78. The zero-order valence-electron chi connectivity index (χ0n) is 13.1. The lowest BCUT2D eigenvalue weighted by atomic mass is 10.1. The van der Waals surface area contributed by atoms with E-state index in [1.165, 1.54) is 18.6 Å². The summed E-state index contributed by atoms with van der Waals surface area (Å²) in [4.78, 5) is 32.1. The largest absolute Gasteiger partial charge is 0.326 e. The number of benzene rings is 1. The monoisotopic (exact) mass is 379 g/mol. The second kappa shape index (κ2) is 7.77. The number of amides is 2. The molecule has 1 atom stereocenters. The van der Waals surface area contributed by atoms with E-state index in [1.54, 1.807) is 12.1 Å². The van der Waals surface area contributed by atoms with Gasteiger partial charge in [0.05, 0.1) is 27.8 Å². The van der Waals surface area contributed by atoms with Gasteiger partial charge in [-0.3, -0.25) is 14.6 Å². The van der Waals surface area contributed by atoms with Crippen molar-refractivity contribution in [3.05, 3.63) is 46.5 Å². The van der Waals surface area contributed by atoms with Crippen molar-refractivity contribution in [3.63, 3.8) is 0 Å². The van der Waals surface area contributed by atoms with Crippen molar-refractivity contribution in [2.24, 2.45) is 5.92 Å². The molecule has 2 amide bonds. The highest BCUT2D eigenvalue weighted by molar-refractivity contribution is 6.40. The molecule has 0 aliphatic carbocycles. The molecular formula is C16H15Cl2N5O2. The van der Waals surface area contributed by atoms with Gasteiger partial charge in [0.15, 0.2) is 0 Å². The SMILES string of the molecule is O=C(Nc1c(Cl)cc(NC(=O)C2CCNC2)cc1Cl)c1cnccn1. The molecule has 3 N–H and O–H groups in total. The van der Waals surface area contributed by atoms with E-state index >= 15 is 0 Å². The van der Waals surface area contributed by atoms with Crippen molar-refractivity contribution < 1.29 is 9.59 Å². The molecule has 0 saturated carbocycles. The summed E-state index contributed by atoms with van der Waals surface area (Å²) < 4.78 is 0. The van der Waals surface area contributed by atoms with Crippen LogP contribution in [0.2, 0.25) is 10.0 Å². The average Bonchev–Trinajstić information content (AvgIpc) is 3.13. The van der Waals surface area contributed by atoms with Gasteiger partial charge in [-0.15, -0.1) is 0 Å². The van der Waals surface area contributed by atoms with Crippen LogP contribution in [0.3, 0.4) is 0 Å². The van der Waals surface area contributed by atoms with Crippen LogP contribution in [0.15, 0.2) is 30.7 Å². The van der Waals surface area contributed by atoms with Crippen molar-refractivity contribution in [3.8, 4) is 0 Å². The summed E-state index contributed by atoms with van der Waals surface area (Å²) in [5.74, 6) is -0.646. The average molecular weight is 380 g/mol. The van der Waals surface area contributed by atoms with Gasteiger partial charge in [-0.1, -0.05) is 23.2 Å². The second-order valence-corrected chi connectivity index (χ2v) is 6.35. The number of hydrogen-bond donors (Lipinski definition) is 3. The first-order chi connectivity index (χ1) is 12.0. The minimum atomic E-state index is -0.481. The molecule has 1 fully saturated rings. The van der Waals surface area contributed by atoms with Crippen molar-refractivity contribution in [1.29, 1.82) is 0 Å². The smallest absolute Gasteiger partial charge is 0.275 e. The first-order valence-corrected chi connectivity index (χ1v) is 8.38. The van der Waals surface area contributed by atoms with E-state index < -0.39 is 5.91 Å². The predicted octanol–water partition coefficient (Wildman–Crippen LogP) is 2.58.